The molecule has 2 heterocycles. The summed E-state index contributed by atoms with van der Waals surface area (Å²) in [6.45, 7) is 0. The average Bonchev–Trinajstić information content (AvgIpc) is 3.17. The molecule has 22 heavy (non-hydrogen) atoms. The Kier molecular flexibility index (Phi) is 3.38. The molecule has 0 amide bonds. The topological polar surface area (TPSA) is 78.2 Å². The first-order valence-corrected chi connectivity index (χ1v) is 6.85. The zero-order valence-corrected chi connectivity index (χ0v) is 11.5. The third kappa shape index (κ3) is 2.56. The molecule has 0 saturated heterocycles. The first kappa shape index (κ1) is 14.2. The Bertz CT molecular complexity index is 845. The average molecular weight is 321 g/mol. The van der Waals surface area contributed by atoms with Gasteiger partial charge >= 0.3 is 6.18 Å². The monoisotopic (exact) mass is 321 g/mol. The highest BCUT2D eigenvalue weighted by Gasteiger charge is 2.32. The number of halogens is 3. The van der Waals surface area contributed by atoms with E-state index in [0.717, 1.165) is 12.1 Å². The van der Waals surface area contributed by atoms with Crippen molar-refractivity contribution < 1.29 is 13.2 Å². The van der Waals surface area contributed by atoms with Crippen LogP contribution in [0.4, 0.5) is 13.2 Å². The largest absolute Gasteiger partial charge is 0.416 e. The fourth-order valence-electron chi connectivity index (χ4n) is 1.94. The molecule has 0 aliphatic heterocycles. The van der Waals surface area contributed by atoms with E-state index in [1.54, 1.807) is 11.4 Å². The predicted octanol–water partition coefficient (Wildman–Crippen LogP) is 3.49. The van der Waals surface area contributed by atoms with Gasteiger partial charge in [0.2, 0.25) is 0 Å². The molecule has 2 aromatic heterocycles. The Morgan fingerprint density at radius 3 is 2.55 bits per heavy atom. The first-order valence-electron chi connectivity index (χ1n) is 5.91. The highest BCUT2D eigenvalue weighted by Crippen LogP contribution is 2.36. The van der Waals surface area contributed by atoms with Crippen LogP contribution >= 0.6 is 11.3 Å². The summed E-state index contributed by atoms with van der Waals surface area (Å²) in [6.07, 6.45) is -4.52. The van der Waals surface area contributed by atoms with E-state index in [2.05, 4.69) is 20.4 Å². The van der Waals surface area contributed by atoms with Gasteiger partial charge in [0.05, 0.1) is 16.8 Å². The number of H-pyrrole nitrogens is 1. The lowest BCUT2D eigenvalue weighted by Gasteiger charge is -2.10. The molecule has 0 spiro atoms. The van der Waals surface area contributed by atoms with Gasteiger partial charge in [0.1, 0.15) is 11.8 Å². The van der Waals surface area contributed by atoms with Gasteiger partial charge in [-0.1, -0.05) is 0 Å². The molecule has 1 aromatic carbocycles. The summed E-state index contributed by atoms with van der Waals surface area (Å²) >= 11 is 1.28. The molecule has 0 saturated carbocycles. The molecule has 0 aliphatic rings. The summed E-state index contributed by atoms with van der Waals surface area (Å²) in [5, 5.41) is 20.2. The minimum atomic E-state index is -4.52. The lowest BCUT2D eigenvalue weighted by atomic mass is 10.0. The van der Waals surface area contributed by atoms with Crippen LogP contribution in [0.1, 0.15) is 11.3 Å². The second-order valence-corrected chi connectivity index (χ2v) is 5.02. The van der Waals surface area contributed by atoms with Crippen LogP contribution in [0.3, 0.4) is 0 Å². The van der Waals surface area contributed by atoms with Gasteiger partial charge in [-0.3, -0.25) is 0 Å². The lowest BCUT2D eigenvalue weighted by molar-refractivity contribution is -0.137. The Balaban J connectivity index is 2.23. The number of rotatable bonds is 2. The number of nitrogens with zero attached hydrogens (tertiary/aromatic N) is 4. The fourth-order valence-corrected chi connectivity index (χ4v) is 2.50. The van der Waals surface area contributed by atoms with Gasteiger partial charge in [-0.25, -0.2) is 4.98 Å². The van der Waals surface area contributed by atoms with Crippen LogP contribution in [0.15, 0.2) is 29.1 Å². The number of hydrogen-bond acceptors (Lipinski definition) is 5. The maximum absolute atomic E-state index is 13.1. The molecule has 0 aliphatic carbocycles. The first-order chi connectivity index (χ1) is 10.5. The van der Waals surface area contributed by atoms with Crippen LogP contribution in [-0.2, 0) is 6.18 Å². The number of benzene rings is 1. The molecule has 0 fully saturated rings. The molecule has 3 rings (SSSR count). The number of aromatic amines is 1. The van der Waals surface area contributed by atoms with Gasteiger partial charge in [-0.2, -0.15) is 28.7 Å². The van der Waals surface area contributed by atoms with Gasteiger partial charge in [0.15, 0.2) is 5.69 Å². The minimum absolute atomic E-state index is 0.0662. The van der Waals surface area contributed by atoms with Crippen LogP contribution < -0.4 is 0 Å². The van der Waals surface area contributed by atoms with Gasteiger partial charge in [-0.05, 0) is 18.2 Å². The summed E-state index contributed by atoms with van der Waals surface area (Å²) in [7, 11) is 0. The van der Waals surface area contributed by atoms with E-state index >= 15 is 0 Å². The Hall–Kier alpha value is -2.73. The standard InChI is InChI=1S/C13H6F3N5S/c14-13(15,16)9-2-7(11-5-22-6-18-11)1-8(3-9)12-10(4-17)19-21-20-12/h1-3,5-6H,(H,19,20,21). The number of hydrogen-bond donors (Lipinski definition) is 1. The van der Waals surface area contributed by atoms with Gasteiger partial charge < -0.3 is 0 Å². The summed E-state index contributed by atoms with van der Waals surface area (Å²) in [6, 6.07) is 5.25. The normalized spacial score (nSPS) is 11.4. The van der Waals surface area contributed by atoms with Crippen molar-refractivity contribution in [3.05, 3.63) is 40.3 Å². The highest BCUT2D eigenvalue weighted by molar-refractivity contribution is 7.07. The van der Waals surface area contributed by atoms with E-state index in [4.69, 9.17) is 5.26 Å². The Morgan fingerprint density at radius 1 is 1.14 bits per heavy atom. The van der Waals surface area contributed by atoms with E-state index in [0.29, 0.717) is 11.3 Å². The molecule has 5 nitrogen and oxygen atoms in total. The van der Waals surface area contributed by atoms with E-state index in [9.17, 15) is 13.2 Å². The zero-order valence-electron chi connectivity index (χ0n) is 10.7. The van der Waals surface area contributed by atoms with E-state index in [1.807, 2.05) is 0 Å². The fraction of sp³-hybridized carbons (Fsp3) is 0.0769. The third-order valence-electron chi connectivity index (χ3n) is 2.92. The summed E-state index contributed by atoms with van der Waals surface area (Å²) in [5.74, 6) is 0. The second kappa shape index (κ2) is 5.23. The van der Waals surface area contributed by atoms with Crippen molar-refractivity contribution in [1.29, 1.82) is 5.26 Å². The predicted molar refractivity (Wildman–Crippen MR) is 72.6 cm³/mol. The van der Waals surface area contributed by atoms with E-state index in [1.165, 1.54) is 22.9 Å². The van der Waals surface area contributed by atoms with Crippen LogP contribution in [0.5, 0.6) is 0 Å². The SMILES string of the molecule is N#Cc1n[nH]nc1-c1cc(-c2cscn2)cc(C(F)(F)F)c1. The summed E-state index contributed by atoms with van der Waals surface area (Å²) in [5.41, 5.74) is 1.60. The molecule has 0 radical (unpaired) electrons. The summed E-state index contributed by atoms with van der Waals surface area (Å²) < 4.78 is 39.3. The molecular formula is C13H6F3N5S. The molecule has 3 aromatic rings. The number of nitriles is 1. The van der Waals surface area contributed by atoms with Crippen molar-refractivity contribution in [1.82, 2.24) is 20.4 Å². The number of nitrogens with one attached hydrogen (secondary N) is 1. The van der Waals surface area contributed by atoms with Crippen LogP contribution in [-0.4, -0.2) is 20.4 Å². The van der Waals surface area contributed by atoms with Gasteiger partial charge in [-0.15, -0.1) is 16.4 Å². The van der Waals surface area contributed by atoms with Gasteiger partial charge in [0.25, 0.3) is 0 Å². The van der Waals surface area contributed by atoms with Crippen LogP contribution in [0.25, 0.3) is 22.5 Å². The third-order valence-corrected chi connectivity index (χ3v) is 3.50. The lowest BCUT2D eigenvalue weighted by Crippen LogP contribution is -2.05. The molecular weight excluding hydrogens is 315 g/mol. The maximum Gasteiger partial charge on any atom is 0.416 e. The highest BCUT2D eigenvalue weighted by atomic mass is 32.1. The van der Waals surface area contributed by atoms with Crippen molar-refractivity contribution >= 4 is 11.3 Å². The molecule has 0 atom stereocenters. The molecule has 9 heteroatoms. The van der Waals surface area contributed by atoms with E-state index < -0.39 is 11.7 Å². The Labute approximate surface area is 126 Å². The smallest absolute Gasteiger partial charge is 0.245 e. The molecule has 0 unspecified atom stereocenters. The second-order valence-electron chi connectivity index (χ2n) is 4.30. The molecule has 0 bridgehead atoms. The summed E-state index contributed by atoms with van der Waals surface area (Å²) in [4.78, 5) is 4.02. The number of thiazole rings is 1. The van der Waals surface area contributed by atoms with Crippen molar-refractivity contribution in [2.45, 2.75) is 6.18 Å². The van der Waals surface area contributed by atoms with Crippen LogP contribution in [0.2, 0.25) is 0 Å². The van der Waals surface area contributed by atoms with Crippen molar-refractivity contribution in [2.75, 3.05) is 0 Å². The van der Waals surface area contributed by atoms with E-state index in [-0.39, 0.29) is 17.0 Å². The molecule has 110 valence electrons. The van der Waals surface area contributed by atoms with Crippen molar-refractivity contribution in [2.24, 2.45) is 0 Å². The van der Waals surface area contributed by atoms with Crippen molar-refractivity contribution in [3.8, 4) is 28.6 Å². The minimum Gasteiger partial charge on any atom is -0.245 e. The molecule has 1 N–H and O–H groups in total. The number of alkyl halides is 3. The van der Waals surface area contributed by atoms with Crippen LogP contribution in [0, 0.1) is 11.3 Å². The number of aromatic nitrogens is 4. The zero-order chi connectivity index (χ0) is 15.7. The Morgan fingerprint density at radius 2 is 1.91 bits per heavy atom. The van der Waals surface area contributed by atoms with Gasteiger partial charge in [0, 0.05) is 16.5 Å². The van der Waals surface area contributed by atoms with Crippen molar-refractivity contribution in [3.63, 3.8) is 0 Å². The quantitative estimate of drug-likeness (QED) is 0.783. The maximum atomic E-state index is 13.1.